The maximum Gasteiger partial charge on any atom is 0.406 e. The number of alkyl carbamates (subject to hydrolysis) is 1. The summed E-state index contributed by atoms with van der Waals surface area (Å²) in [5.74, 6) is 0. The van der Waals surface area contributed by atoms with Crippen LogP contribution in [-0.4, -0.2) is 44.8 Å². The van der Waals surface area contributed by atoms with E-state index in [0.29, 0.717) is 12.6 Å². The molecule has 0 aliphatic carbocycles. The predicted molar refractivity (Wildman–Crippen MR) is 43.6 cm³/mol. The molecule has 0 aromatic rings. The molecule has 0 rings (SSSR count). The molecular weight excluding hydrogens is 144 g/mol. The molecule has 1 N–H and O–H groups in total. The normalized spacial score (nSPS) is 12.8. The lowest BCUT2D eigenvalue weighted by atomic mass is 10.3. The molecule has 0 aromatic heterocycles. The van der Waals surface area contributed by atoms with Crippen LogP contribution < -0.4 is 5.32 Å². The van der Waals surface area contributed by atoms with E-state index in [1.165, 1.54) is 7.11 Å². The quantitative estimate of drug-likeness (QED) is 0.645. The van der Waals surface area contributed by atoms with Gasteiger partial charge in [0.1, 0.15) is 0 Å². The fourth-order valence-electron chi connectivity index (χ4n) is 0.486. The highest BCUT2D eigenvalue weighted by atomic mass is 16.5. The van der Waals surface area contributed by atoms with Crippen molar-refractivity contribution in [2.24, 2.45) is 0 Å². The zero-order valence-corrected chi connectivity index (χ0v) is 7.55. The van der Waals surface area contributed by atoms with E-state index in [1.807, 2.05) is 25.9 Å². The van der Waals surface area contributed by atoms with Gasteiger partial charge in [-0.2, -0.15) is 0 Å². The van der Waals surface area contributed by atoms with Crippen molar-refractivity contribution >= 4 is 6.09 Å². The van der Waals surface area contributed by atoms with Crippen LogP contribution in [0.15, 0.2) is 0 Å². The number of carbonyl (C=O) groups is 1. The fraction of sp³-hybridized carbons (Fsp3) is 0.857. The predicted octanol–water partition coefficient (Wildman–Crippen LogP) is 0.292. The lowest BCUT2D eigenvalue weighted by Crippen LogP contribution is -2.38. The standard InChI is InChI=1S/C7H16N2O2/c1-6(9(2)3)5-8-7(10)11-4/h6H,5H2,1-4H3,(H,8,10). The van der Waals surface area contributed by atoms with E-state index in [2.05, 4.69) is 10.1 Å². The minimum absolute atomic E-state index is 0.328. The lowest BCUT2D eigenvalue weighted by Gasteiger charge is -2.19. The molecule has 1 amide bonds. The summed E-state index contributed by atoms with van der Waals surface area (Å²) in [5.41, 5.74) is 0. The van der Waals surface area contributed by atoms with Crippen LogP contribution in [0.25, 0.3) is 0 Å². The largest absolute Gasteiger partial charge is 0.453 e. The minimum atomic E-state index is -0.376. The molecule has 0 heterocycles. The van der Waals surface area contributed by atoms with E-state index in [4.69, 9.17) is 0 Å². The number of amides is 1. The first kappa shape index (κ1) is 10.2. The molecule has 0 aliphatic rings. The molecule has 0 saturated heterocycles. The molecule has 0 bridgehead atoms. The second-order valence-corrected chi connectivity index (χ2v) is 2.69. The first-order valence-electron chi connectivity index (χ1n) is 3.56. The zero-order valence-electron chi connectivity index (χ0n) is 7.55. The zero-order chi connectivity index (χ0) is 8.85. The van der Waals surface area contributed by atoms with Gasteiger partial charge in [0.2, 0.25) is 0 Å². The third-order valence-electron chi connectivity index (χ3n) is 1.61. The Morgan fingerprint density at radius 3 is 2.55 bits per heavy atom. The Kier molecular flexibility index (Phi) is 4.61. The first-order chi connectivity index (χ1) is 5.07. The third-order valence-corrected chi connectivity index (χ3v) is 1.61. The van der Waals surface area contributed by atoms with Crippen molar-refractivity contribution in [1.29, 1.82) is 0 Å². The monoisotopic (exact) mass is 160 g/mol. The van der Waals surface area contributed by atoms with Crippen molar-refractivity contribution < 1.29 is 9.53 Å². The molecule has 0 fully saturated rings. The van der Waals surface area contributed by atoms with E-state index < -0.39 is 0 Å². The van der Waals surface area contributed by atoms with Crippen LogP contribution in [0, 0.1) is 0 Å². The van der Waals surface area contributed by atoms with Crippen LogP contribution in [-0.2, 0) is 4.74 Å². The van der Waals surface area contributed by atoms with Gasteiger partial charge in [0.05, 0.1) is 7.11 Å². The van der Waals surface area contributed by atoms with Crippen molar-refractivity contribution in [3.63, 3.8) is 0 Å². The Hall–Kier alpha value is -0.770. The van der Waals surface area contributed by atoms with Crippen LogP contribution in [0.4, 0.5) is 4.79 Å². The Bertz CT molecular complexity index is 126. The molecule has 66 valence electrons. The minimum Gasteiger partial charge on any atom is -0.453 e. The number of hydrogen-bond donors (Lipinski definition) is 1. The molecule has 4 nitrogen and oxygen atoms in total. The molecule has 11 heavy (non-hydrogen) atoms. The number of methoxy groups -OCH3 is 1. The number of nitrogens with one attached hydrogen (secondary N) is 1. The number of likely N-dealkylation sites (N-methyl/N-ethyl adjacent to an activating group) is 1. The van der Waals surface area contributed by atoms with Crippen molar-refractivity contribution in [3.05, 3.63) is 0 Å². The summed E-state index contributed by atoms with van der Waals surface area (Å²) in [4.78, 5) is 12.6. The van der Waals surface area contributed by atoms with Crippen LogP contribution in [0.3, 0.4) is 0 Å². The smallest absolute Gasteiger partial charge is 0.406 e. The van der Waals surface area contributed by atoms with Gasteiger partial charge in [0.25, 0.3) is 0 Å². The summed E-state index contributed by atoms with van der Waals surface area (Å²) >= 11 is 0. The Balaban J connectivity index is 3.45. The van der Waals surface area contributed by atoms with E-state index in [1.54, 1.807) is 0 Å². The van der Waals surface area contributed by atoms with Crippen molar-refractivity contribution in [3.8, 4) is 0 Å². The molecule has 4 heteroatoms. The number of ether oxygens (including phenoxy) is 1. The average Bonchev–Trinajstić information content (AvgIpc) is 1.99. The van der Waals surface area contributed by atoms with Crippen molar-refractivity contribution in [1.82, 2.24) is 10.2 Å². The van der Waals surface area contributed by atoms with E-state index in [9.17, 15) is 4.79 Å². The fourth-order valence-corrected chi connectivity index (χ4v) is 0.486. The van der Waals surface area contributed by atoms with Crippen LogP contribution in [0.1, 0.15) is 6.92 Å². The summed E-state index contributed by atoms with van der Waals surface area (Å²) in [7, 11) is 5.28. The number of hydrogen-bond acceptors (Lipinski definition) is 3. The SMILES string of the molecule is COC(=O)NCC(C)N(C)C. The van der Waals surface area contributed by atoms with Crippen molar-refractivity contribution in [2.45, 2.75) is 13.0 Å². The second kappa shape index (κ2) is 4.96. The van der Waals surface area contributed by atoms with Gasteiger partial charge in [-0.1, -0.05) is 0 Å². The summed E-state index contributed by atoms with van der Waals surface area (Å²) in [5, 5.41) is 2.61. The topological polar surface area (TPSA) is 41.6 Å². The van der Waals surface area contributed by atoms with Crippen LogP contribution >= 0.6 is 0 Å². The summed E-state index contributed by atoms with van der Waals surface area (Å²) < 4.78 is 4.41. The molecular formula is C7H16N2O2. The van der Waals surface area contributed by atoms with Gasteiger partial charge in [0, 0.05) is 12.6 Å². The Morgan fingerprint density at radius 1 is 1.64 bits per heavy atom. The van der Waals surface area contributed by atoms with E-state index in [0.717, 1.165) is 0 Å². The maximum absolute atomic E-state index is 10.6. The van der Waals surface area contributed by atoms with Gasteiger partial charge in [-0.05, 0) is 21.0 Å². The summed E-state index contributed by atoms with van der Waals surface area (Å²) in [6.45, 7) is 2.63. The number of carbonyl (C=O) groups excluding carboxylic acids is 1. The van der Waals surface area contributed by atoms with Crippen LogP contribution in [0.2, 0.25) is 0 Å². The molecule has 0 aromatic carbocycles. The molecule has 0 radical (unpaired) electrons. The van der Waals surface area contributed by atoms with E-state index >= 15 is 0 Å². The van der Waals surface area contributed by atoms with Crippen molar-refractivity contribution in [2.75, 3.05) is 27.7 Å². The number of nitrogens with zero attached hydrogens (tertiary/aromatic N) is 1. The van der Waals surface area contributed by atoms with Gasteiger partial charge in [0.15, 0.2) is 0 Å². The first-order valence-corrected chi connectivity index (χ1v) is 3.56. The lowest BCUT2D eigenvalue weighted by molar-refractivity contribution is 0.167. The van der Waals surface area contributed by atoms with Gasteiger partial charge in [-0.3, -0.25) is 0 Å². The van der Waals surface area contributed by atoms with Gasteiger partial charge in [-0.15, -0.1) is 0 Å². The highest BCUT2D eigenvalue weighted by molar-refractivity contribution is 5.66. The summed E-state index contributed by atoms with van der Waals surface area (Å²) in [6, 6.07) is 0.328. The van der Waals surface area contributed by atoms with Gasteiger partial charge in [-0.25, -0.2) is 4.79 Å². The summed E-state index contributed by atoms with van der Waals surface area (Å²) in [6.07, 6.45) is -0.376. The van der Waals surface area contributed by atoms with Gasteiger partial charge < -0.3 is 15.0 Å². The molecule has 1 unspecified atom stereocenters. The van der Waals surface area contributed by atoms with Crippen LogP contribution in [0.5, 0.6) is 0 Å². The third kappa shape index (κ3) is 4.61. The highest BCUT2D eigenvalue weighted by Crippen LogP contribution is 1.88. The Morgan fingerprint density at radius 2 is 2.18 bits per heavy atom. The highest BCUT2D eigenvalue weighted by Gasteiger charge is 2.05. The molecule has 0 spiro atoms. The maximum atomic E-state index is 10.6. The molecule has 0 aliphatic heterocycles. The average molecular weight is 160 g/mol. The molecule has 1 atom stereocenters. The Labute approximate surface area is 67.5 Å². The van der Waals surface area contributed by atoms with E-state index in [-0.39, 0.29) is 6.09 Å². The molecule has 0 saturated carbocycles. The number of rotatable bonds is 3. The second-order valence-electron chi connectivity index (χ2n) is 2.69. The van der Waals surface area contributed by atoms with Gasteiger partial charge >= 0.3 is 6.09 Å².